The van der Waals surface area contributed by atoms with Crippen LogP contribution in [0.3, 0.4) is 0 Å². The predicted molar refractivity (Wildman–Crippen MR) is 157 cm³/mol. The number of benzene rings is 3. The van der Waals surface area contributed by atoms with Crippen LogP contribution in [0.1, 0.15) is 65.5 Å². The molecule has 228 valence electrons. The van der Waals surface area contributed by atoms with Gasteiger partial charge in [0.05, 0.1) is 31.6 Å². The quantitative estimate of drug-likeness (QED) is 0.289. The van der Waals surface area contributed by atoms with Crippen molar-refractivity contribution >= 4 is 15.8 Å². The molecule has 1 saturated heterocycles. The number of fused-ring (bicyclic) bond motifs is 2. The van der Waals surface area contributed by atoms with Crippen LogP contribution in [0, 0.1) is 25.5 Å². The van der Waals surface area contributed by atoms with E-state index in [9.17, 15) is 13.2 Å². The number of aryl methyl sites for hydroxylation is 2. The van der Waals surface area contributed by atoms with Gasteiger partial charge < -0.3 is 18.9 Å². The molecule has 2 atom stereocenters. The second kappa shape index (κ2) is 11.4. The van der Waals surface area contributed by atoms with Crippen molar-refractivity contribution in [2.24, 2.45) is 0 Å². The fourth-order valence-corrected chi connectivity index (χ4v) is 8.06. The highest BCUT2D eigenvalue weighted by Gasteiger charge is 2.34. The number of halogens is 2. The summed E-state index contributed by atoms with van der Waals surface area (Å²) in [4.78, 5) is 11.7. The monoisotopic (exact) mass is 612 g/mol. The molecule has 0 radical (unpaired) electrons. The van der Waals surface area contributed by atoms with Gasteiger partial charge in [0.15, 0.2) is 9.84 Å². The van der Waals surface area contributed by atoms with Crippen molar-refractivity contribution in [2.45, 2.75) is 64.1 Å². The van der Waals surface area contributed by atoms with Crippen LogP contribution in [0.5, 0.6) is 17.2 Å². The highest BCUT2D eigenvalue weighted by molar-refractivity contribution is 7.91. The van der Waals surface area contributed by atoms with E-state index in [-0.39, 0.29) is 35.9 Å². The zero-order valence-corrected chi connectivity index (χ0v) is 25.2. The van der Waals surface area contributed by atoms with E-state index >= 15 is 8.78 Å². The average Bonchev–Trinajstić information content (AvgIpc) is 3.55. The summed E-state index contributed by atoms with van der Waals surface area (Å²) >= 11 is 0. The molecular weight excluding hydrogens is 578 g/mol. The second-order valence-corrected chi connectivity index (χ2v) is 13.9. The van der Waals surface area contributed by atoms with Gasteiger partial charge in [0.2, 0.25) is 0 Å². The molecule has 10 heteroatoms. The van der Waals surface area contributed by atoms with Gasteiger partial charge in [-0.1, -0.05) is 6.07 Å². The van der Waals surface area contributed by atoms with Crippen molar-refractivity contribution in [1.82, 2.24) is 0 Å². The molecule has 0 N–H and O–H groups in total. The lowest BCUT2D eigenvalue weighted by Crippen LogP contribution is -2.30. The minimum absolute atomic E-state index is 0.103. The van der Waals surface area contributed by atoms with Crippen LogP contribution in [0.25, 0.3) is 11.1 Å². The Bertz CT molecular complexity index is 1660. The Morgan fingerprint density at radius 1 is 0.930 bits per heavy atom. The van der Waals surface area contributed by atoms with E-state index in [0.717, 1.165) is 22.8 Å². The molecule has 1 fully saturated rings. The Morgan fingerprint density at radius 2 is 1.65 bits per heavy atom. The lowest BCUT2D eigenvalue weighted by Gasteiger charge is -2.24. The number of methoxy groups -OCH3 is 1. The summed E-state index contributed by atoms with van der Waals surface area (Å²) in [5.74, 6) is 0.269. The van der Waals surface area contributed by atoms with Crippen LogP contribution in [-0.2, 0) is 25.8 Å². The number of esters is 1. The van der Waals surface area contributed by atoms with Crippen molar-refractivity contribution in [1.29, 1.82) is 0 Å². The Morgan fingerprint density at radius 3 is 2.35 bits per heavy atom. The molecule has 3 aliphatic rings. The number of hydrogen-bond acceptors (Lipinski definition) is 7. The molecule has 2 aliphatic heterocycles. The third-order valence-electron chi connectivity index (χ3n) is 8.70. The zero-order chi connectivity index (χ0) is 30.5. The first kappa shape index (κ1) is 29.4. The van der Waals surface area contributed by atoms with Crippen LogP contribution < -0.4 is 14.2 Å². The normalized spacial score (nSPS) is 20.7. The van der Waals surface area contributed by atoms with Crippen molar-refractivity contribution in [3.63, 3.8) is 0 Å². The number of carbonyl (C=O) groups excluding carboxylic acids is 1. The molecule has 0 saturated carbocycles. The largest absolute Gasteiger partial charge is 0.492 e. The minimum Gasteiger partial charge on any atom is -0.492 e. The van der Waals surface area contributed by atoms with Gasteiger partial charge >= 0.3 is 5.97 Å². The molecule has 0 unspecified atom stereocenters. The maximum atomic E-state index is 15.5. The molecule has 43 heavy (non-hydrogen) atoms. The van der Waals surface area contributed by atoms with Gasteiger partial charge in [-0.25, -0.2) is 17.2 Å². The van der Waals surface area contributed by atoms with Gasteiger partial charge in [-0.05, 0) is 80.0 Å². The number of carbonyl (C=O) groups is 1. The highest BCUT2D eigenvalue weighted by Crippen LogP contribution is 2.46. The number of hydrogen-bond donors (Lipinski definition) is 0. The van der Waals surface area contributed by atoms with E-state index in [0.29, 0.717) is 71.8 Å². The molecule has 1 aliphatic carbocycles. The number of ether oxygens (including phenoxy) is 4. The van der Waals surface area contributed by atoms with E-state index in [4.69, 9.17) is 18.9 Å². The Kier molecular flexibility index (Phi) is 7.83. The van der Waals surface area contributed by atoms with Crippen molar-refractivity contribution in [2.75, 3.05) is 25.2 Å². The molecule has 3 aromatic rings. The molecular formula is C33H34F2O7S. The molecule has 0 bridgehead atoms. The number of sulfone groups is 1. The summed E-state index contributed by atoms with van der Waals surface area (Å²) in [6.07, 6.45) is 1.22. The van der Waals surface area contributed by atoms with E-state index in [2.05, 4.69) is 0 Å². The molecule has 0 aromatic heterocycles. The van der Waals surface area contributed by atoms with Crippen LogP contribution in [-0.4, -0.2) is 45.7 Å². The number of rotatable bonds is 7. The first-order chi connectivity index (χ1) is 20.5. The molecule has 0 spiro atoms. The van der Waals surface area contributed by atoms with Crippen molar-refractivity contribution in [3.05, 3.63) is 75.8 Å². The molecule has 0 amide bonds. The van der Waals surface area contributed by atoms with Crippen LogP contribution in [0.2, 0.25) is 0 Å². The van der Waals surface area contributed by atoms with Crippen molar-refractivity contribution < 1.29 is 40.9 Å². The lowest BCUT2D eigenvalue weighted by molar-refractivity contribution is -0.141. The summed E-state index contributed by atoms with van der Waals surface area (Å²) in [7, 11) is -1.65. The van der Waals surface area contributed by atoms with Crippen LogP contribution in [0.4, 0.5) is 8.78 Å². The summed E-state index contributed by atoms with van der Waals surface area (Å²) in [5, 5.41) is 0. The first-order valence-electron chi connectivity index (χ1n) is 14.5. The van der Waals surface area contributed by atoms with Gasteiger partial charge in [0, 0.05) is 34.7 Å². The van der Waals surface area contributed by atoms with E-state index in [1.54, 1.807) is 12.1 Å². The predicted octanol–water partition coefficient (Wildman–Crippen LogP) is 6.31. The Labute approximate surface area is 250 Å². The average molecular weight is 613 g/mol. The summed E-state index contributed by atoms with van der Waals surface area (Å²) in [5.41, 5.74) is 4.47. The molecule has 7 nitrogen and oxygen atoms in total. The third-order valence-corrected chi connectivity index (χ3v) is 10.4. The third kappa shape index (κ3) is 5.81. The minimum atomic E-state index is -3.00. The standard InChI is InChI=1S/C33H34F2O7S/c1-18-12-23(41-21-8-10-43(37,38)11-9-21)13-19(2)31(18)33-25-6-7-28(32(25)26(34)16-27(33)35)42-22-4-5-24-20(14-30(36)39-3)17-40-29(24)15-22/h4-5,12-13,15-16,20-21,28H,6-11,14,17H2,1-3H3/t20-,28-/m1/s1. The SMILES string of the molecule is COC(=O)C[C@@H]1COc2cc(O[C@@H]3CCc4c(-c5c(C)cc(OC6CCS(=O)(=O)CC6)cc5C)c(F)cc(F)c43)ccc21. The summed E-state index contributed by atoms with van der Waals surface area (Å²) < 4.78 is 77.4. The zero-order valence-electron chi connectivity index (χ0n) is 24.4. The fourth-order valence-electron chi connectivity index (χ4n) is 6.61. The van der Waals surface area contributed by atoms with Crippen LogP contribution >= 0.6 is 0 Å². The molecule has 6 rings (SSSR count). The van der Waals surface area contributed by atoms with E-state index in [1.807, 2.05) is 32.0 Å². The fraction of sp³-hybridized carbons (Fsp3) is 0.424. The maximum Gasteiger partial charge on any atom is 0.306 e. The van der Waals surface area contributed by atoms with E-state index < -0.39 is 27.6 Å². The van der Waals surface area contributed by atoms with Crippen LogP contribution in [0.15, 0.2) is 36.4 Å². The van der Waals surface area contributed by atoms with Gasteiger partial charge in [0.25, 0.3) is 0 Å². The topological polar surface area (TPSA) is 88.1 Å². The highest BCUT2D eigenvalue weighted by atomic mass is 32.2. The lowest BCUT2D eigenvalue weighted by atomic mass is 9.89. The molecule has 2 heterocycles. The smallest absolute Gasteiger partial charge is 0.306 e. The molecule has 3 aromatic carbocycles. The Hall–Kier alpha value is -3.66. The van der Waals surface area contributed by atoms with Gasteiger partial charge in [0.1, 0.15) is 41.1 Å². The summed E-state index contributed by atoms with van der Waals surface area (Å²) in [6, 6.07) is 10.00. The van der Waals surface area contributed by atoms with Gasteiger partial charge in [-0.3, -0.25) is 4.79 Å². The van der Waals surface area contributed by atoms with Crippen molar-refractivity contribution in [3.8, 4) is 28.4 Å². The summed E-state index contributed by atoms with van der Waals surface area (Å²) in [6.45, 7) is 4.11. The van der Waals surface area contributed by atoms with Gasteiger partial charge in [-0.2, -0.15) is 0 Å². The second-order valence-electron chi connectivity index (χ2n) is 11.6. The Balaban J connectivity index is 1.25. The van der Waals surface area contributed by atoms with E-state index in [1.165, 1.54) is 7.11 Å². The maximum absolute atomic E-state index is 15.5. The van der Waals surface area contributed by atoms with Gasteiger partial charge in [-0.15, -0.1) is 0 Å². The first-order valence-corrected chi connectivity index (χ1v) is 16.3.